The van der Waals surface area contributed by atoms with Gasteiger partial charge in [-0.1, -0.05) is 19.1 Å². The summed E-state index contributed by atoms with van der Waals surface area (Å²) < 4.78 is 23.9. The maximum Gasteiger partial charge on any atom is 0.228 e. The standard InChI is InChI=1S/C25H34FNO3/c1-3-19(16-26)18-30-21-6-4-20(5-7-21)24-9-12-25(13-10-24,14-11-24)23(28)27-15-8-22(17-27)29-2/h4-7,16,22H,3,8-15,17-18H2,1-2H3/b19-16+/t22-,24?,25?/m0/s1. The van der Waals surface area contributed by atoms with E-state index in [1.165, 1.54) is 5.56 Å². The van der Waals surface area contributed by atoms with Gasteiger partial charge in [-0.15, -0.1) is 0 Å². The quantitative estimate of drug-likeness (QED) is 0.617. The molecule has 2 bridgehead atoms. The van der Waals surface area contributed by atoms with Gasteiger partial charge >= 0.3 is 0 Å². The minimum absolute atomic E-state index is 0.150. The largest absolute Gasteiger partial charge is 0.489 e. The molecule has 0 unspecified atom stereocenters. The van der Waals surface area contributed by atoms with Gasteiger partial charge in [0.25, 0.3) is 0 Å². The van der Waals surface area contributed by atoms with Crippen LogP contribution in [0.5, 0.6) is 5.75 Å². The zero-order valence-electron chi connectivity index (χ0n) is 18.3. The Hall–Kier alpha value is -1.88. The van der Waals surface area contributed by atoms with Crippen molar-refractivity contribution in [2.75, 3.05) is 26.8 Å². The van der Waals surface area contributed by atoms with E-state index in [9.17, 15) is 9.18 Å². The van der Waals surface area contributed by atoms with Crippen molar-refractivity contribution in [3.05, 3.63) is 41.7 Å². The highest BCUT2D eigenvalue weighted by molar-refractivity contribution is 5.83. The molecule has 3 saturated carbocycles. The molecule has 164 valence electrons. The molecule has 1 aromatic rings. The van der Waals surface area contributed by atoms with Crippen molar-refractivity contribution < 1.29 is 18.7 Å². The van der Waals surface area contributed by atoms with E-state index in [1.807, 2.05) is 19.1 Å². The molecular formula is C25H34FNO3. The molecule has 0 spiro atoms. The molecule has 0 aromatic heterocycles. The Bertz CT molecular complexity index is 764. The van der Waals surface area contributed by atoms with Gasteiger partial charge in [0.05, 0.1) is 12.4 Å². The van der Waals surface area contributed by atoms with Crippen LogP contribution in [-0.2, 0) is 14.9 Å². The fraction of sp³-hybridized carbons (Fsp3) is 0.640. The molecule has 4 fully saturated rings. The Kier molecular flexibility index (Phi) is 6.19. The molecule has 1 amide bonds. The van der Waals surface area contributed by atoms with Crippen molar-refractivity contribution >= 4 is 5.91 Å². The second kappa shape index (κ2) is 8.70. The third-order valence-corrected chi connectivity index (χ3v) is 7.96. The van der Waals surface area contributed by atoms with Gasteiger partial charge < -0.3 is 14.4 Å². The third-order valence-electron chi connectivity index (χ3n) is 7.96. The minimum atomic E-state index is -0.150. The summed E-state index contributed by atoms with van der Waals surface area (Å²) in [7, 11) is 1.74. The van der Waals surface area contributed by atoms with Crippen molar-refractivity contribution in [3.63, 3.8) is 0 Å². The summed E-state index contributed by atoms with van der Waals surface area (Å²) in [5, 5.41) is 0. The van der Waals surface area contributed by atoms with Crippen molar-refractivity contribution in [1.82, 2.24) is 4.90 Å². The SMILES string of the molecule is CC/C(=C\F)COc1ccc(C23CCC(C(=O)N4CC[C@H](OC)C4)(CC2)CC3)cc1. The van der Waals surface area contributed by atoms with E-state index < -0.39 is 0 Å². The van der Waals surface area contributed by atoms with Crippen LogP contribution in [0.1, 0.15) is 63.9 Å². The van der Waals surface area contributed by atoms with Crippen LogP contribution in [0.25, 0.3) is 0 Å². The molecule has 1 aromatic carbocycles. The van der Waals surface area contributed by atoms with Crippen LogP contribution < -0.4 is 4.74 Å². The summed E-state index contributed by atoms with van der Waals surface area (Å²) in [5.74, 6) is 1.15. The highest BCUT2D eigenvalue weighted by Gasteiger charge is 2.54. The van der Waals surface area contributed by atoms with Crippen LogP contribution in [0, 0.1) is 5.41 Å². The maximum absolute atomic E-state index is 13.3. The maximum atomic E-state index is 13.3. The summed E-state index contributed by atoms with van der Waals surface area (Å²) in [6, 6.07) is 8.35. The van der Waals surface area contributed by atoms with Gasteiger partial charge in [-0.25, -0.2) is 4.39 Å². The van der Waals surface area contributed by atoms with Crippen LogP contribution in [0.4, 0.5) is 4.39 Å². The number of benzene rings is 1. The Morgan fingerprint density at radius 2 is 1.83 bits per heavy atom. The average Bonchev–Trinajstić information content (AvgIpc) is 3.30. The highest BCUT2D eigenvalue weighted by atomic mass is 19.1. The summed E-state index contributed by atoms with van der Waals surface area (Å²) in [6.45, 7) is 3.81. The number of carbonyl (C=O) groups excluding carboxylic acids is 1. The lowest BCUT2D eigenvalue weighted by atomic mass is 9.51. The first-order valence-electron chi connectivity index (χ1n) is 11.4. The van der Waals surface area contributed by atoms with Gasteiger partial charge in [-0.2, -0.15) is 0 Å². The van der Waals surface area contributed by atoms with Crippen LogP contribution in [-0.4, -0.2) is 43.7 Å². The van der Waals surface area contributed by atoms with E-state index in [4.69, 9.17) is 9.47 Å². The number of amides is 1. The van der Waals surface area contributed by atoms with Crippen molar-refractivity contribution in [1.29, 1.82) is 0 Å². The number of rotatable bonds is 7. The molecule has 1 aliphatic heterocycles. The molecule has 30 heavy (non-hydrogen) atoms. The van der Waals surface area contributed by atoms with Gasteiger partial charge in [-0.05, 0) is 80.1 Å². The molecule has 0 N–H and O–H groups in total. The van der Waals surface area contributed by atoms with E-state index in [2.05, 4.69) is 17.0 Å². The third kappa shape index (κ3) is 3.89. The molecule has 1 heterocycles. The van der Waals surface area contributed by atoms with Crippen molar-refractivity contribution in [2.45, 2.75) is 69.8 Å². The predicted octanol–water partition coefficient (Wildman–Crippen LogP) is 5.17. The lowest BCUT2D eigenvalue weighted by Gasteiger charge is -2.53. The predicted molar refractivity (Wildman–Crippen MR) is 115 cm³/mol. The van der Waals surface area contributed by atoms with Gasteiger partial charge in [0.1, 0.15) is 12.4 Å². The second-order valence-corrected chi connectivity index (χ2v) is 9.39. The number of hydrogen-bond acceptors (Lipinski definition) is 3. The number of halogens is 1. The Morgan fingerprint density at radius 3 is 2.37 bits per heavy atom. The van der Waals surface area contributed by atoms with E-state index in [-0.39, 0.29) is 16.9 Å². The number of ether oxygens (including phenoxy) is 2. The van der Waals surface area contributed by atoms with Gasteiger partial charge in [-0.3, -0.25) is 4.79 Å². The van der Waals surface area contributed by atoms with Crippen LogP contribution in [0.15, 0.2) is 36.2 Å². The number of hydrogen-bond donors (Lipinski definition) is 0. The number of likely N-dealkylation sites (tertiary alicyclic amines) is 1. The summed E-state index contributed by atoms with van der Waals surface area (Å²) in [5.41, 5.74) is 2.05. The van der Waals surface area contributed by atoms with Crippen molar-refractivity contribution in [3.8, 4) is 5.75 Å². The van der Waals surface area contributed by atoms with E-state index in [0.29, 0.717) is 30.8 Å². The normalized spacial score (nSPS) is 31.2. The number of carbonyl (C=O) groups is 1. The molecule has 5 heteroatoms. The molecule has 5 rings (SSSR count). The van der Waals surface area contributed by atoms with Gasteiger partial charge in [0.15, 0.2) is 0 Å². The number of methoxy groups -OCH3 is 1. The molecule has 0 radical (unpaired) electrons. The first-order chi connectivity index (χ1) is 14.5. The summed E-state index contributed by atoms with van der Waals surface area (Å²) >= 11 is 0. The molecular weight excluding hydrogens is 381 g/mol. The van der Waals surface area contributed by atoms with Crippen molar-refractivity contribution in [2.24, 2.45) is 5.41 Å². The van der Waals surface area contributed by atoms with Crippen LogP contribution >= 0.6 is 0 Å². The average molecular weight is 416 g/mol. The summed E-state index contributed by atoms with van der Waals surface area (Å²) in [6.07, 6.45) is 8.63. The molecule has 1 atom stereocenters. The molecule has 1 saturated heterocycles. The van der Waals surface area contributed by atoms with Gasteiger partial charge in [0.2, 0.25) is 5.91 Å². The van der Waals surface area contributed by atoms with Crippen LogP contribution in [0.3, 0.4) is 0 Å². The monoisotopic (exact) mass is 415 g/mol. The van der Waals surface area contributed by atoms with Gasteiger partial charge in [0, 0.05) is 25.6 Å². The zero-order valence-corrected chi connectivity index (χ0v) is 18.3. The number of nitrogens with zero attached hydrogens (tertiary/aromatic N) is 1. The second-order valence-electron chi connectivity index (χ2n) is 9.39. The first-order valence-corrected chi connectivity index (χ1v) is 11.4. The minimum Gasteiger partial charge on any atom is -0.489 e. The summed E-state index contributed by atoms with van der Waals surface area (Å²) in [4.78, 5) is 15.4. The number of fused-ring (bicyclic) bond motifs is 3. The molecule has 3 aliphatic carbocycles. The topological polar surface area (TPSA) is 38.8 Å². The zero-order chi connectivity index (χ0) is 21.2. The molecule has 4 nitrogen and oxygen atoms in total. The van der Waals surface area contributed by atoms with E-state index >= 15 is 0 Å². The smallest absolute Gasteiger partial charge is 0.228 e. The Morgan fingerprint density at radius 1 is 1.17 bits per heavy atom. The highest BCUT2D eigenvalue weighted by Crippen LogP contribution is 2.58. The first kappa shape index (κ1) is 21.4. The van der Waals surface area contributed by atoms with E-state index in [1.54, 1.807) is 7.11 Å². The lowest BCUT2D eigenvalue weighted by molar-refractivity contribution is -0.148. The van der Waals surface area contributed by atoms with Crippen LogP contribution in [0.2, 0.25) is 0 Å². The molecule has 4 aliphatic rings. The Labute approximate surface area is 179 Å². The van der Waals surface area contributed by atoms with E-state index in [0.717, 1.165) is 63.8 Å². The fourth-order valence-electron chi connectivity index (χ4n) is 5.67. The lowest BCUT2D eigenvalue weighted by Crippen LogP contribution is -2.52. The Balaban J connectivity index is 1.38. The fourth-order valence-corrected chi connectivity index (χ4v) is 5.67.